The lowest BCUT2D eigenvalue weighted by Gasteiger charge is -2.31. The zero-order valence-electron chi connectivity index (χ0n) is 16.3. The second-order valence-corrected chi connectivity index (χ2v) is 7.18. The van der Waals surface area contributed by atoms with E-state index < -0.39 is 0 Å². The molecule has 7 heteroatoms. The number of hydrogen-bond acceptors (Lipinski definition) is 6. The molecule has 28 heavy (non-hydrogen) atoms. The fourth-order valence-corrected chi connectivity index (χ4v) is 3.93. The third-order valence-corrected chi connectivity index (χ3v) is 5.22. The molecule has 0 bridgehead atoms. The molecule has 2 aliphatic heterocycles. The van der Waals surface area contributed by atoms with Gasteiger partial charge in [0.05, 0.1) is 11.0 Å². The van der Waals surface area contributed by atoms with Crippen LogP contribution in [-0.4, -0.2) is 43.3 Å². The minimum absolute atomic E-state index is 0.127. The van der Waals surface area contributed by atoms with Crippen LogP contribution in [0, 0.1) is 0 Å². The second kappa shape index (κ2) is 6.10. The van der Waals surface area contributed by atoms with Crippen LogP contribution in [0.25, 0.3) is 22.6 Å². The highest BCUT2D eigenvalue weighted by Crippen LogP contribution is 2.34. The van der Waals surface area contributed by atoms with Gasteiger partial charge < -0.3 is 4.57 Å². The zero-order valence-corrected chi connectivity index (χ0v) is 16.3. The number of aliphatic imine (C=N–C) groups is 2. The predicted octanol–water partition coefficient (Wildman–Crippen LogP) is 3.53. The highest BCUT2D eigenvalue weighted by Gasteiger charge is 2.34. The minimum atomic E-state index is -0.127. The molecule has 5 rings (SSSR count). The molecule has 1 unspecified atom stereocenters. The van der Waals surface area contributed by atoms with E-state index in [1.165, 1.54) is 0 Å². The van der Waals surface area contributed by atoms with Crippen molar-refractivity contribution in [3.63, 3.8) is 0 Å². The van der Waals surface area contributed by atoms with Crippen LogP contribution >= 0.6 is 0 Å². The summed E-state index contributed by atoms with van der Waals surface area (Å²) in [5.41, 5.74) is 6.05. The lowest BCUT2D eigenvalue weighted by Crippen LogP contribution is -2.39. The predicted molar refractivity (Wildman–Crippen MR) is 111 cm³/mol. The Bertz CT molecular complexity index is 1170. The molecule has 0 fully saturated rings. The quantitative estimate of drug-likeness (QED) is 0.691. The molecule has 0 radical (unpaired) electrons. The van der Waals surface area contributed by atoms with Crippen LogP contribution < -0.4 is 0 Å². The third-order valence-electron chi connectivity index (χ3n) is 5.22. The van der Waals surface area contributed by atoms with Crippen molar-refractivity contribution in [2.75, 3.05) is 7.05 Å². The Morgan fingerprint density at radius 1 is 1.04 bits per heavy atom. The number of aromatic nitrogens is 3. The Hall–Kier alpha value is -3.32. The average molecular weight is 371 g/mol. The first kappa shape index (κ1) is 16.8. The minimum Gasteiger partial charge on any atom is -0.326 e. The SMILES string of the molecule is CC1=CC(C)=NC2=NC(c3ccc4c(c3)nc(-c3ccccn3)n4C)N(C)N12. The molecule has 140 valence electrons. The van der Waals surface area contributed by atoms with Crippen LogP contribution in [0.1, 0.15) is 25.6 Å². The number of imidazole rings is 1. The van der Waals surface area contributed by atoms with Crippen molar-refractivity contribution in [3.8, 4) is 11.5 Å². The molecule has 3 aromatic rings. The Balaban J connectivity index is 1.57. The standard InChI is InChI=1S/C21H21N7/c1-13-11-14(2)28-21(23-13)25-19(27(28)4)15-8-9-18-17(12-15)24-20(26(18)3)16-7-5-6-10-22-16/h5-12,19H,1-4H3. The first-order valence-corrected chi connectivity index (χ1v) is 9.25. The molecule has 4 heterocycles. The molecule has 0 N–H and O–H groups in total. The summed E-state index contributed by atoms with van der Waals surface area (Å²) in [7, 11) is 4.06. The summed E-state index contributed by atoms with van der Waals surface area (Å²) < 4.78 is 2.08. The van der Waals surface area contributed by atoms with Crippen LogP contribution in [0.4, 0.5) is 0 Å². The molecule has 1 atom stereocenters. The van der Waals surface area contributed by atoms with Gasteiger partial charge in [0.15, 0.2) is 5.82 Å². The third kappa shape index (κ3) is 2.47. The van der Waals surface area contributed by atoms with E-state index >= 15 is 0 Å². The highest BCUT2D eigenvalue weighted by atomic mass is 15.7. The van der Waals surface area contributed by atoms with Gasteiger partial charge in [0, 0.05) is 31.7 Å². The summed E-state index contributed by atoms with van der Waals surface area (Å²) in [4.78, 5) is 18.7. The van der Waals surface area contributed by atoms with Gasteiger partial charge in [0.2, 0.25) is 5.96 Å². The molecular weight excluding hydrogens is 350 g/mol. The van der Waals surface area contributed by atoms with Gasteiger partial charge >= 0.3 is 0 Å². The fourth-order valence-electron chi connectivity index (χ4n) is 3.93. The molecular formula is C21H21N7. The second-order valence-electron chi connectivity index (χ2n) is 7.18. The van der Waals surface area contributed by atoms with Gasteiger partial charge in [-0.25, -0.2) is 20.0 Å². The molecule has 1 aromatic carbocycles. The Kier molecular flexibility index (Phi) is 3.67. The lowest BCUT2D eigenvalue weighted by atomic mass is 10.1. The van der Waals surface area contributed by atoms with Gasteiger partial charge in [-0.1, -0.05) is 12.1 Å². The number of allylic oxidation sites excluding steroid dienone is 2. The van der Waals surface area contributed by atoms with Crippen LogP contribution in [0.3, 0.4) is 0 Å². The van der Waals surface area contributed by atoms with Crippen LogP contribution in [-0.2, 0) is 7.05 Å². The van der Waals surface area contributed by atoms with Crippen LogP contribution in [0.15, 0.2) is 64.4 Å². The maximum absolute atomic E-state index is 4.85. The number of hydrazine groups is 1. The Morgan fingerprint density at radius 2 is 1.89 bits per heavy atom. The summed E-state index contributed by atoms with van der Waals surface area (Å²) in [6.07, 6.45) is 3.73. The molecule has 7 nitrogen and oxygen atoms in total. The number of aryl methyl sites for hydroxylation is 1. The maximum Gasteiger partial charge on any atom is 0.242 e. The van der Waals surface area contributed by atoms with Crippen molar-refractivity contribution in [2.45, 2.75) is 20.0 Å². The van der Waals surface area contributed by atoms with E-state index in [9.17, 15) is 0 Å². The van der Waals surface area contributed by atoms with Crippen molar-refractivity contribution in [1.82, 2.24) is 24.6 Å². The number of guanidine groups is 1. The molecule has 0 amide bonds. The number of fused-ring (bicyclic) bond motifs is 2. The van der Waals surface area contributed by atoms with Crippen molar-refractivity contribution >= 4 is 22.7 Å². The van der Waals surface area contributed by atoms with Gasteiger partial charge in [-0.15, -0.1) is 0 Å². The van der Waals surface area contributed by atoms with E-state index in [1.807, 2.05) is 39.2 Å². The molecule has 0 saturated carbocycles. The monoisotopic (exact) mass is 371 g/mol. The van der Waals surface area contributed by atoms with Gasteiger partial charge in [-0.05, 0) is 49.8 Å². The summed E-state index contributed by atoms with van der Waals surface area (Å²) in [6, 6.07) is 12.2. The molecule has 0 spiro atoms. The average Bonchev–Trinajstić information content (AvgIpc) is 3.19. The van der Waals surface area contributed by atoms with Gasteiger partial charge in [-0.3, -0.25) is 4.98 Å². The van der Waals surface area contributed by atoms with E-state index in [1.54, 1.807) is 6.20 Å². The van der Waals surface area contributed by atoms with E-state index in [0.29, 0.717) is 0 Å². The highest BCUT2D eigenvalue weighted by molar-refractivity contribution is 6.05. The number of hydrogen-bond donors (Lipinski definition) is 0. The van der Waals surface area contributed by atoms with Gasteiger partial charge in [0.1, 0.15) is 11.9 Å². The van der Waals surface area contributed by atoms with Crippen LogP contribution in [0.2, 0.25) is 0 Å². The fraction of sp³-hybridized carbons (Fsp3) is 0.238. The van der Waals surface area contributed by atoms with Gasteiger partial charge in [-0.2, -0.15) is 5.01 Å². The molecule has 0 saturated heterocycles. The van der Waals surface area contributed by atoms with E-state index in [2.05, 4.69) is 55.8 Å². The number of nitrogens with zero attached hydrogens (tertiary/aromatic N) is 7. The smallest absolute Gasteiger partial charge is 0.242 e. The number of benzene rings is 1. The zero-order chi connectivity index (χ0) is 19.4. The Morgan fingerprint density at radius 3 is 2.68 bits per heavy atom. The first-order chi connectivity index (χ1) is 13.5. The normalized spacial score (nSPS) is 19.5. The van der Waals surface area contributed by atoms with E-state index in [4.69, 9.17) is 9.98 Å². The maximum atomic E-state index is 4.85. The van der Waals surface area contributed by atoms with Crippen molar-refractivity contribution < 1.29 is 0 Å². The molecule has 2 aliphatic rings. The molecule has 0 aliphatic carbocycles. The van der Waals surface area contributed by atoms with Gasteiger partial charge in [0.25, 0.3) is 0 Å². The summed E-state index contributed by atoms with van der Waals surface area (Å²) in [5.74, 6) is 1.59. The van der Waals surface area contributed by atoms with E-state index in [0.717, 1.165) is 45.5 Å². The topological polar surface area (TPSA) is 61.9 Å². The van der Waals surface area contributed by atoms with Crippen molar-refractivity contribution in [1.29, 1.82) is 0 Å². The lowest BCUT2D eigenvalue weighted by molar-refractivity contribution is 0.0889. The van der Waals surface area contributed by atoms with Crippen molar-refractivity contribution in [2.24, 2.45) is 17.0 Å². The summed E-state index contributed by atoms with van der Waals surface area (Å²) >= 11 is 0. The number of pyridine rings is 1. The largest absolute Gasteiger partial charge is 0.326 e. The van der Waals surface area contributed by atoms with E-state index in [-0.39, 0.29) is 6.17 Å². The Labute approximate surface area is 163 Å². The number of rotatable bonds is 2. The van der Waals surface area contributed by atoms with Crippen molar-refractivity contribution in [3.05, 3.63) is 59.9 Å². The first-order valence-electron chi connectivity index (χ1n) is 9.25. The summed E-state index contributed by atoms with van der Waals surface area (Å²) in [6.45, 7) is 4.07. The summed E-state index contributed by atoms with van der Waals surface area (Å²) in [5, 5.41) is 4.17. The van der Waals surface area contributed by atoms with Crippen LogP contribution in [0.5, 0.6) is 0 Å². The molecule has 2 aromatic heterocycles.